The van der Waals surface area contributed by atoms with Crippen LogP contribution >= 0.6 is 11.3 Å². The van der Waals surface area contributed by atoms with Gasteiger partial charge in [0.15, 0.2) is 0 Å². The summed E-state index contributed by atoms with van der Waals surface area (Å²) in [5.74, 6) is -0.667. The summed E-state index contributed by atoms with van der Waals surface area (Å²) >= 11 is 1.41. The third-order valence-electron chi connectivity index (χ3n) is 2.62. The highest BCUT2D eigenvalue weighted by molar-refractivity contribution is 7.09. The molecule has 2 N–H and O–H groups in total. The Kier molecular flexibility index (Phi) is 6.60. The summed E-state index contributed by atoms with van der Waals surface area (Å²) < 4.78 is 4.89. The monoisotopic (exact) mass is 299 g/mol. The van der Waals surface area contributed by atoms with E-state index >= 15 is 0 Å². The molecular formula is C13H21N3O3S. The van der Waals surface area contributed by atoms with Crippen molar-refractivity contribution >= 4 is 23.2 Å². The Labute approximate surface area is 122 Å². The van der Waals surface area contributed by atoms with Gasteiger partial charge in [-0.2, -0.15) is 0 Å². The van der Waals surface area contributed by atoms with Gasteiger partial charge in [0, 0.05) is 17.8 Å². The first-order valence-corrected chi connectivity index (χ1v) is 7.48. The van der Waals surface area contributed by atoms with Crippen molar-refractivity contribution < 1.29 is 14.3 Å². The maximum Gasteiger partial charge on any atom is 0.325 e. The van der Waals surface area contributed by atoms with Gasteiger partial charge in [0.05, 0.1) is 11.6 Å². The van der Waals surface area contributed by atoms with Crippen LogP contribution in [0.2, 0.25) is 0 Å². The Morgan fingerprint density at radius 2 is 2.20 bits per heavy atom. The van der Waals surface area contributed by atoms with Crippen LogP contribution in [0.1, 0.15) is 36.3 Å². The van der Waals surface area contributed by atoms with Crippen molar-refractivity contribution in [3.63, 3.8) is 0 Å². The summed E-state index contributed by atoms with van der Waals surface area (Å²) in [5, 5.41) is 2.53. The van der Waals surface area contributed by atoms with Gasteiger partial charge in [0.25, 0.3) is 5.91 Å². The first kappa shape index (κ1) is 16.6. The zero-order valence-electron chi connectivity index (χ0n) is 12.1. The van der Waals surface area contributed by atoms with Gasteiger partial charge in [0.1, 0.15) is 12.2 Å². The van der Waals surface area contributed by atoms with Crippen molar-refractivity contribution in [2.45, 2.75) is 33.2 Å². The van der Waals surface area contributed by atoms with Gasteiger partial charge in [0.2, 0.25) is 0 Å². The lowest BCUT2D eigenvalue weighted by Gasteiger charge is -2.24. The summed E-state index contributed by atoms with van der Waals surface area (Å²) in [6.07, 6.45) is 0.650. The number of amides is 1. The van der Waals surface area contributed by atoms with Crippen molar-refractivity contribution in [1.82, 2.24) is 9.88 Å². The number of thiazole rings is 1. The van der Waals surface area contributed by atoms with E-state index in [1.165, 1.54) is 16.2 Å². The number of carbonyl (C=O) groups excluding carboxylic acids is 2. The van der Waals surface area contributed by atoms with E-state index in [2.05, 4.69) is 4.98 Å². The molecule has 20 heavy (non-hydrogen) atoms. The molecule has 0 saturated heterocycles. The molecule has 0 fully saturated rings. The summed E-state index contributed by atoms with van der Waals surface area (Å²) in [7, 11) is 0. The molecule has 0 atom stereocenters. The minimum Gasteiger partial charge on any atom is -0.465 e. The van der Waals surface area contributed by atoms with E-state index in [9.17, 15) is 9.59 Å². The molecular weight excluding hydrogens is 278 g/mol. The first-order valence-electron chi connectivity index (χ1n) is 6.60. The van der Waals surface area contributed by atoms with E-state index in [-0.39, 0.29) is 18.5 Å². The second kappa shape index (κ2) is 7.96. The van der Waals surface area contributed by atoms with Crippen molar-refractivity contribution in [1.29, 1.82) is 0 Å². The van der Waals surface area contributed by atoms with Crippen LogP contribution in [0.25, 0.3) is 0 Å². The Morgan fingerprint density at radius 1 is 1.50 bits per heavy atom. The number of esters is 1. The fourth-order valence-electron chi connectivity index (χ4n) is 1.63. The van der Waals surface area contributed by atoms with Gasteiger partial charge in [-0.25, -0.2) is 4.98 Å². The molecule has 0 saturated carbocycles. The highest BCUT2D eigenvalue weighted by Crippen LogP contribution is 2.14. The van der Waals surface area contributed by atoms with Crippen LogP contribution < -0.4 is 5.73 Å². The molecule has 0 aliphatic carbocycles. The largest absolute Gasteiger partial charge is 0.465 e. The molecule has 0 aliphatic rings. The number of ether oxygens (including phenoxy) is 1. The van der Waals surface area contributed by atoms with Gasteiger partial charge < -0.3 is 15.4 Å². The van der Waals surface area contributed by atoms with Crippen molar-refractivity contribution in [3.8, 4) is 0 Å². The zero-order chi connectivity index (χ0) is 15.1. The van der Waals surface area contributed by atoms with Crippen molar-refractivity contribution in [3.05, 3.63) is 16.1 Å². The Morgan fingerprint density at radius 3 is 2.75 bits per heavy atom. The summed E-state index contributed by atoms with van der Waals surface area (Å²) in [5.41, 5.74) is 5.82. The number of hydrogen-bond donors (Lipinski definition) is 1. The molecule has 0 aromatic carbocycles. The zero-order valence-corrected chi connectivity index (χ0v) is 12.9. The molecule has 1 rings (SSSR count). The molecule has 0 aliphatic heterocycles. The van der Waals surface area contributed by atoms with Crippen LogP contribution in [-0.4, -0.2) is 47.5 Å². The molecule has 1 aromatic rings. The molecule has 1 amide bonds. The summed E-state index contributed by atoms with van der Waals surface area (Å²) in [6, 6.07) is -0.105. The SMILES string of the molecule is CCOC(=O)CN(C(=O)c1csc(CCN)n1)C(C)C. The van der Waals surface area contributed by atoms with Crippen LogP contribution in [-0.2, 0) is 16.0 Å². The van der Waals surface area contributed by atoms with E-state index in [0.717, 1.165) is 5.01 Å². The first-order chi connectivity index (χ1) is 9.49. The highest BCUT2D eigenvalue weighted by atomic mass is 32.1. The molecule has 0 bridgehead atoms. The quantitative estimate of drug-likeness (QED) is 0.761. The lowest BCUT2D eigenvalue weighted by molar-refractivity contribution is -0.144. The van der Waals surface area contributed by atoms with E-state index < -0.39 is 5.97 Å². The van der Waals surface area contributed by atoms with E-state index in [4.69, 9.17) is 10.5 Å². The smallest absolute Gasteiger partial charge is 0.325 e. The van der Waals surface area contributed by atoms with Crippen LogP contribution in [0.5, 0.6) is 0 Å². The third kappa shape index (κ3) is 4.57. The molecule has 0 unspecified atom stereocenters. The van der Waals surface area contributed by atoms with Crippen LogP contribution in [0.4, 0.5) is 0 Å². The molecule has 7 heteroatoms. The Bertz CT molecular complexity index is 459. The van der Waals surface area contributed by atoms with E-state index in [0.29, 0.717) is 25.3 Å². The second-order valence-corrected chi connectivity index (χ2v) is 5.44. The van der Waals surface area contributed by atoms with Crippen LogP contribution in [0.3, 0.4) is 0 Å². The number of hydrogen-bond acceptors (Lipinski definition) is 6. The molecule has 0 radical (unpaired) electrons. The number of rotatable bonds is 7. The molecule has 1 heterocycles. The minimum absolute atomic E-state index is 0.0614. The topological polar surface area (TPSA) is 85.5 Å². The van der Waals surface area contributed by atoms with Crippen molar-refractivity contribution in [2.24, 2.45) is 5.73 Å². The van der Waals surface area contributed by atoms with Crippen LogP contribution in [0.15, 0.2) is 5.38 Å². The molecule has 6 nitrogen and oxygen atoms in total. The average molecular weight is 299 g/mol. The maximum absolute atomic E-state index is 12.4. The fourth-order valence-corrected chi connectivity index (χ4v) is 2.42. The summed E-state index contributed by atoms with van der Waals surface area (Å²) in [4.78, 5) is 29.6. The van der Waals surface area contributed by atoms with Gasteiger partial charge in [-0.1, -0.05) is 0 Å². The molecule has 1 aromatic heterocycles. The maximum atomic E-state index is 12.4. The lowest BCUT2D eigenvalue weighted by Crippen LogP contribution is -2.41. The average Bonchev–Trinajstić information content (AvgIpc) is 2.84. The van der Waals surface area contributed by atoms with Gasteiger partial charge >= 0.3 is 5.97 Å². The Hall–Kier alpha value is -1.47. The fraction of sp³-hybridized carbons (Fsp3) is 0.615. The predicted molar refractivity (Wildman–Crippen MR) is 77.7 cm³/mol. The lowest BCUT2D eigenvalue weighted by atomic mass is 10.3. The number of nitrogens with zero attached hydrogens (tertiary/aromatic N) is 2. The molecule has 112 valence electrons. The second-order valence-electron chi connectivity index (χ2n) is 4.50. The van der Waals surface area contributed by atoms with Crippen molar-refractivity contribution in [2.75, 3.05) is 19.7 Å². The van der Waals surface area contributed by atoms with E-state index in [1.54, 1.807) is 12.3 Å². The van der Waals surface area contributed by atoms with Gasteiger partial charge in [-0.15, -0.1) is 11.3 Å². The number of nitrogens with two attached hydrogens (primary N) is 1. The van der Waals surface area contributed by atoms with E-state index in [1.807, 2.05) is 13.8 Å². The predicted octanol–water partition coefficient (Wildman–Crippen LogP) is 1.06. The number of aromatic nitrogens is 1. The highest BCUT2D eigenvalue weighted by Gasteiger charge is 2.24. The third-order valence-corrected chi connectivity index (χ3v) is 3.53. The normalized spacial score (nSPS) is 10.7. The van der Waals surface area contributed by atoms with Gasteiger partial charge in [-0.3, -0.25) is 9.59 Å². The Balaban J connectivity index is 2.79. The van der Waals surface area contributed by atoms with Gasteiger partial charge in [-0.05, 0) is 27.3 Å². The summed E-state index contributed by atoms with van der Waals surface area (Å²) in [6.45, 7) is 6.18. The standard InChI is InChI=1S/C13H21N3O3S/c1-4-19-12(17)7-16(9(2)3)13(18)10-8-20-11(15-10)5-6-14/h8-9H,4-7,14H2,1-3H3. The minimum atomic E-state index is -0.410. The van der Waals surface area contributed by atoms with Crippen LogP contribution in [0, 0.1) is 0 Å². The number of carbonyl (C=O) groups is 2. The molecule has 0 spiro atoms.